The molecule has 0 spiro atoms. The molecule has 1 aliphatic heterocycles. The van der Waals surface area contributed by atoms with Gasteiger partial charge in [-0.15, -0.1) is 0 Å². The number of carbonyl (C=O) groups is 2. The molecule has 1 amide bonds. The largest absolute Gasteiger partial charge is 0.481 e. The molecule has 0 radical (unpaired) electrons. The van der Waals surface area contributed by atoms with Gasteiger partial charge in [0.05, 0.1) is 6.61 Å². The molecule has 0 bridgehead atoms. The van der Waals surface area contributed by atoms with Gasteiger partial charge in [-0.1, -0.05) is 12.8 Å². The first-order chi connectivity index (χ1) is 9.57. The lowest BCUT2D eigenvalue weighted by Gasteiger charge is -2.39. The predicted octanol–water partition coefficient (Wildman–Crippen LogP) is 1.91. The van der Waals surface area contributed by atoms with E-state index in [-0.39, 0.29) is 12.5 Å². The summed E-state index contributed by atoms with van der Waals surface area (Å²) in [4.78, 5) is 25.7. The van der Waals surface area contributed by atoms with Gasteiger partial charge in [0.25, 0.3) is 0 Å². The Kier molecular flexibility index (Phi) is 5.02. The van der Waals surface area contributed by atoms with Crippen LogP contribution in [0.1, 0.15) is 44.9 Å². The summed E-state index contributed by atoms with van der Waals surface area (Å²) in [5.74, 6) is -0.220. The van der Waals surface area contributed by atoms with Crippen LogP contribution in [-0.4, -0.2) is 48.7 Å². The molecule has 1 heterocycles. The van der Waals surface area contributed by atoms with Crippen LogP contribution in [0.15, 0.2) is 0 Å². The maximum absolute atomic E-state index is 12.4. The molecule has 0 aromatic rings. The summed E-state index contributed by atoms with van der Waals surface area (Å²) in [5.41, 5.74) is -0.918. The average Bonchev–Trinajstić information content (AvgIpc) is 2.92. The van der Waals surface area contributed by atoms with Crippen molar-refractivity contribution in [1.82, 2.24) is 4.90 Å². The summed E-state index contributed by atoms with van der Waals surface area (Å²) in [7, 11) is 1.52. The molecular weight excluding hydrogens is 258 g/mol. The Morgan fingerprint density at radius 1 is 1.30 bits per heavy atom. The van der Waals surface area contributed by atoms with Gasteiger partial charge in [-0.2, -0.15) is 0 Å². The molecule has 1 N–H and O–H groups in total. The van der Waals surface area contributed by atoms with Gasteiger partial charge in [-0.3, -0.25) is 9.59 Å². The summed E-state index contributed by atoms with van der Waals surface area (Å²) in [5, 5.41) is 9.49. The van der Waals surface area contributed by atoms with Crippen molar-refractivity contribution in [3.05, 3.63) is 0 Å². The number of carboxylic acids is 1. The van der Waals surface area contributed by atoms with Gasteiger partial charge in [0.15, 0.2) is 0 Å². The zero-order valence-corrected chi connectivity index (χ0v) is 12.3. The molecule has 1 saturated heterocycles. The van der Waals surface area contributed by atoms with Gasteiger partial charge in [0.1, 0.15) is 5.41 Å². The number of likely N-dealkylation sites (tertiary alicyclic amines) is 1. The van der Waals surface area contributed by atoms with Crippen LogP contribution in [0.3, 0.4) is 0 Å². The first-order valence-electron chi connectivity index (χ1n) is 7.57. The van der Waals surface area contributed by atoms with Crippen LogP contribution < -0.4 is 0 Å². The highest BCUT2D eigenvalue weighted by atomic mass is 16.5. The first-order valence-corrected chi connectivity index (χ1v) is 7.57. The average molecular weight is 283 g/mol. The maximum Gasteiger partial charge on any atom is 0.313 e. The number of carbonyl (C=O) groups excluding carboxylic acids is 1. The molecule has 1 atom stereocenters. The Labute approximate surface area is 120 Å². The van der Waals surface area contributed by atoms with Crippen LogP contribution in [0, 0.1) is 11.3 Å². The number of methoxy groups -OCH3 is 1. The maximum atomic E-state index is 12.4. The highest BCUT2D eigenvalue weighted by Gasteiger charge is 2.44. The van der Waals surface area contributed by atoms with Crippen LogP contribution in [0.25, 0.3) is 0 Å². The summed E-state index contributed by atoms with van der Waals surface area (Å²) >= 11 is 0. The van der Waals surface area contributed by atoms with Crippen molar-refractivity contribution in [2.75, 3.05) is 26.8 Å². The third-order valence-corrected chi connectivity index (χ3v) is 4.74. The number of carboxylic acid groups (broad SMARTS) is 1. The van der Waals surface area contributed by atoms with Crippen molar-refractivity contribution >= 4 is 11.9 Å². The van der Waals surface area contributed by atoms with Gasteiger partial charge in [0.2, 0.25) is 5.91 Å². The van der Waals surface area contributed by atoms with E-state index in [1.54, 1.807) is 4.90 Å². The molecule has 0 aromatic carbocycles. The van der Waals surface area contributed by atoms with Crippen LogP contribution >= 0.6 is 0 Å². The SMILES string of the molecule is COCC1(C(=O)O)CCCN(C(=O)CC2CCCC2)C1. The Morgan fingerprint density at radius 3 is 2.60 bits per heavy atom. The third-order valence-electron chi connectivity index (χ3n) is 4.74. The minimum absolute atomic E-state index is 0.123. The van der Waals surface area contributed by atoms with Crippen molar-refractivity contribution in [2.24, 2.45) is 11.3 Å². The molecule has 5 nitrogen and oxygen atoms in total. The van der Waals surface area contributed by atoms with Crippen LogP contribution in [-0.2, 0) is 14.3 Å². The van der Waals surface area contributed by atoms with Gasteiger partial charge >= 0.3 is 5.97 Å². The monoisotopic (exact) mass is 283 g/mol. The summed E-state index contributed by atoms with van der Waals surface area (Å²) < 4.78 is 5.09. The van der Waals surface area contributed by atoms with E-state index in [1.165, 1.54) is 20.0 Å². The van der Waals surface area contributed by atoms with Crippen LogP contribution in [0.5, 0.6) is 0 Å². The number of hydrogen-bond donors (Lipinski definition) is 1. The number of piperidine rings is 1. The lowest BCUT2D eigenvalue weighted by atomic mass is 9.80. The summed E-state index contributed by atoms with van der Waals surface area (Å²) in [6.45, 7) is 1.15. The molecule has 20 heavy (non-hydrogen) atoms. The quantitative estimate of drug-likeness (QED) is 0.837. The molecule has 1 unspecified atom stereocenters. The van der Waals surface area contributed by atoms with Crippen molar-refractivity contribution in [3.8, 4) is 0 Å². The normalized spacial score (nSPS) is 27.8. The Morgan fingerprint density at radius 2 is 2.00 bits per heavy atom. The molecule has 1 aliphatic carbocycles. The molecule has 2 rings (SSSR count). The second-order valence-corrected chi connectivity index (χ2v) is 6.29. The topological polar surface area (TPSA) is 66.8 Å². The minimum atomic E-state index is -0.918. The van der Waals surface area contributed by atoms with E-state index in [4.69, 9.17) is 4.74 Å². The summed E-state index contributed by atoms with van der Waals surface area (Å²) in [6.07, 6.45) is 6.64. The number of aliphatic carboxylic acids is 1. The molecule has 5 heteroatoms. The van der Waals surface area contributed by atoms with E-state index in [0.717, 1.165) is 19.3 Å². The van der Waals surface area contributed by atoms with Crippen molar-refractivity contribution in [3.63, 3.8) is 0 Å². The van der Waals surface area contributed by atoms with Gasteiger partial charge < -0.3 is 14.7 Å². The number of rotatable bonds is 5. The zero-order chi connectivity index (χ0) is 14.6. The van der Waals surface area contributed by atoms with E-state index in [1.807, 2.05) is 0 Å². The van der Waals surface area contributed by atoms with E-state index in [0.29, 0.717) is 31.8 Å². The van der Waals surface area contributed by atoms with Gasteiger partial charge in [0, 0.05) is 26.6 Å². The molecule has 1 saturated carbocycles. The lowest BCUT2D eigenvalue weighted by Crippen LogP contribution is -2.52. The summed E-state index contributed by atoms with van der Waals surface area (Å²) in [6, 6.07) is 0. The standard InChI is InChI=1S/C15H25NO4/c1-20-11-15(14(18)19)7-4-8-16(10-15)13(17)9-12-5-2-3-6-12/h12H,2-11H2,1H3,(H,18,19). The molecule has 114 valence electrons. The molecular formula is C15H25NO4. The second-order valence-electron chi connectivity index (χ2n) is 6.29. The van der Waals surface area contributed by atoms with E-state index >= 15 is 0 Å². The highest BCUT2D eigenvalue weighted by molar-refractivity contribution is 5.80. The van der Waals surface area contributed by atoms with E-state index in [9.17, 15) is 14.7 Å². The van der Waals surface area contributed by atoms with Gasteiger partial charge in [-0.25, -0.2) is 0 Å². The molecule has 2 fully saturated rings. The fourth-order valence-corrected chi connectivity index (χ4v) is 3.57. The minimum Gasteiger partial charge on any atom is -0.481 e. The Hall–Kier alpha value is -1.10. The van der Waals surface area contributed by atoms with Crippen molar-refractivity contribution < 1.29 is 19.4 Å². The Balaban J connectivity index is 1.97. The second kappa shape index (κ2) is 6.57. The Bertz CT molecular complexity index is 361. The first kappa shape index (κ1) is 15.3. The predicted molar refractivity (Wildman–Crippen MR) is 74.3 cm³/mol. The molecule has 2 aliphatic rings. The lowest BCUT2D eigenvalue weighted by molar-refractivity contribution is -0.159. The number of ether oxygens (including phenoxy) is 1. The van der Waals surface area contributed by atoms with E-state index < -0.39 is 11.4 Å². The smallest absolute Gasteiger partial charge is 0.313 e. The van der Waals surface area contributed by atoms with Crippen LogP contribution in [0.2, 0.25) is 0 Å². The van der Waals surface area contributed by atoms with E-state index in [2.05, 4.69) is 0 Å². The fraction of sp³-hybridized carbons (Fsp3) is 0.867. The highest BCUT2D eigenvalue weighted by Crippen LogP contribution is 2.33. The number of hydrogen-bond acceptors (Lipinski definition) is 3. The van der Waals surface area contributed by atoms with Crippen molar-refractivity contribution in [1.29, 1.82) is 0 Å². The van der Waals surface area contributed by atoms with Crippen molar-refractivity contribution in [2.45, 2.75) is 44.9 Å². The number of nitrogens with zero attached hydrogens (tertiary/aromatic N) is 1. The van der Waals surface area contributed by atoms with Crippen LogP contribution in [0.4, 0.5) is 0 Å². The third kappa shape index (κ3) is 3.32. The molecule has 0 aromatic heterocycles. The van der Waals surface area contributed by atoms with Gasteiger partial charge in [-0.05, 0) is 31.6 Å². The zero-order valence-electron chi connectivity index (χ0n) is 12.3. The fourth-order valence-electron chi connectivity index (χ4n) is 3.57. The number of amides is 1.